The van der Waals surface area contributed by atoms with Crippen molar-refractivity contribution in [2.24, 2.45) is 5.18 Å². The summed E-state index contributed by atoms with van der Waals surface area (Å²) in [7, 11) is 0. The fourth-order valence-electron chi connectivity index (χ4n) is 2.75. The van der Waals surface area contributed by atoms with Gasteiger partial charge in [0.15, 0.2) is 0 Å². The molecule has 0 bridgehead atoms. The first-order valence-electron chi connectivity index (χ1n) is 8.65. The Kier molecular flexibility index (Phi) is 7.38. The van der Waals surface area contributed by atoms with Crippen LogP contribution in [0.5, 0.6) is 0 Å². The maximum Gasteiger partial charge on any atom is 0.216 e. The number of halogens is 3. The number of rotatable bonds is 7. The average molecular weight is 463 g/mol. The SMILES string of the molecule is N#Cc1ccc(C(N=O)OC(c2ccc(Cl)c(Cl)c2)c2ccc(CO)cn2)cc1Cl. The minimum Gasteiger partial charge on any atom is -0.392 e. The number of hydrogen-bond donors (Lipinski definition) is 1. The van der Waals surface area contributed by atoms with E-state index in [1.807, 2.05) is 6.07 Å². The van der Waals surface area contributed by atoms with Crippen LogP contribution >= 0.6 is 34.8 Å². The topological polar surface area (TPSA) is 95.6 Å². The molecular weight excluding hydrogens is 449 g/mol. The molecule has 1 N–H and O–H groups in total. The van der Waals surface area contributed by atoms with Crippen LogP contribution in [0.25, 0.3) is 0 Å². The summed E-state index contributed by atoms with van der Waals surface area (Å²) in [5.74, 6) is 0. The average Bonchev–Trinajstić information content (AvgIpc) is 2.77. The zero-order valence-corrected chi connectivity index (χ0v) is 17.6. The van der Waals surface area contributed by atoms with Crippen LogP contribution in [0, 0.1) is 16.2 Å². The van der Waals surface area contributed by atoms with Gasteiger partial charge in [0.05, 0.1) is 32.9 Å². The summed E-state index contributed by atoms with van der Waals surface area (Å²) >= 11 is 18.3. The van der Waals surface area contributed by atoms with E-state index in [1.165, 1.54) is 18.3 Å². The van der Waals surface area contributed by atoms with Crippen molar-refractivity contribution < 1.29 is 9.84 Å². The molecule has 0 spiro atoms. The summed E-state index contributed by atoms with van der Waals surface area (Å²) in [5.41, 5.74) is 2.34. The quantitative estimate of drug-likeness (QED) is 0.436. The zero-order chi connectivity index (χ0) is 21.7. The molecule has 152 valence electrons. The van der Waals surface area contributed by atoms with Crippen LogP contribution < -0.4 is 0 Å². The normalized spacial score (nSPS) is 12.8. The summed E-state index contributed by atoms with van der Waals surface area (Å²) in [6, 6.07) is 14.7. The molecule has 3 aromatic rings. The summed E-state index contributed by atoms with van der Waals surface area (Å²) < 4.78 is 6.01. The van der Waals surface area contributed by atoms with E-state index in [4.69, 9.17) is 44.8 Å². The number of aliphatic hydroxyl groups is 1. The van der Waals surface area contributed by atoms with E-state index in [0.717, 1.165) is 0 Å². The molecule has 2 aromatic carbocycles. The Hall–Kier alpha value is -2.53. The van der Waals surface area contributed by atoms with Crippen molar-refractivity contribution in [1.82, 2.24) is 4.98 Å². The molecule has 3 rings (SSSR count). The number of aliphatic hydroxyl groups excluding tert-OH is 1. The number of ether oxygens (including phenoxy) is 1. The standard InChI is InChI=1S/C21H14Cl3N3O3/c22-16-5-4-13(7-18(16)24)20(19-6-1-12(11-28)10-26-19)30-21(27-29)14-2-3-15(9-25)17(23)8-14/h1-8,10,20-21,28H,11H2. The third-order valence-electron chi connectivity index (χ3n) is 4.30. The molecular formula is C21H14Cl3N3O3. The first-order valence-corrected chi connectivity index (χ1v) is 9.78. The molecule has 2 atom stereocenters. The number of hydrogen-bond acceptors (Lipinski definition) is 6. The van der Waals surface area contributed by atoms with Crippen molar-refractivity contribution >= 4 is 34.8 Å². The number of pyridine rings is 1. The Morgan fingerprint density at radius 2 is 1.77 bits per heavy atom. The molecule has 1 aromatic heterocycles. The first-order chi connectivity index (χ1) is 14.5. The molecule has 0 aliphatic heterocycles. The lowest BCUT2D eigenvalue weighted by atomic mass is 10.0. The summed E-state index contributed by atoms with van der Waals surface area (Å²) in [5, 5.41) is 22.2. The van der Waals surface area contributed by atoms with Gasteiger partial charge in [0.2, 0.25) is 6.23 Å². The molecule has 0 amide bonds. The van der Waals surface area contributed by atoms with Gasteiger partial charge >= 0.3 is 0 Å². The van der Waals surface area contributed by atoms with E-state index in [2.05, 4.69) is 10.2 Å². The molecule has 0 saturated carbocycles. The fraction of sp³-hybridized carbons (Fsp3) is 0.143. The van der Waals surface area contributed by atoms with Crippen LogP contribution in [0.4, 0.5) is 0 Å². The first kappa shape index (κ1) is 22.2. The van der Waals surface area contributed by atoms with E-state index in [1.54, 1.807) is 36.4 Å². The van der Waals surface area contributed by atoms with Crippen molar-refractivity contribution in [2.45, 2.75) is 18.9 Å². The zero-order valence-electron chi connectivity index (χ0n) is 15.3. The molecule has 0 aliphatic rings. The summed E-state index contributed by atoms with van der Waals surface area (Å²) in [6.45, 7) is -0.159. The third kappa shape index (κ3) is 4.96. The second kappa shape index (κ2) is 9.98. The van der Waals surface area contributed by atoms with Gasteiger partial charge in [-0.25, -0.2) is 0 Å². The van der Waals surface area contributed by atoms with Gasteiger partial charge in [-0.2, -0.15) is 5.26 Å². The van der Waals surface area contributed by atoms with Crippen molar-refractivity contribution in [2.75, 3.05) is 0 Å². The highest BCUT2D eigenvalue weighted by Gasteiger charge is 2.25. The lowest BCUT2D eigenvalue weighted by molar-refractivity contribution is 0.00901. The molecule has 0 aliphatic carbocycles. The summed E-state index contributed by atoms with van der Waals surface area (Å²) in [4.78, 5) is 15.9. The highest BCUT2D eigenvalue weighted by molar-refractivity contribution is 6.42. The van der Waals surface area contributed by atoms with E-state index >= 15 is 0 Å². The van der Waals surface area contributed by atoms with Gasteiger partial charge in [0.1, 0.15) is 12.2 Å². The van der Waals surface area contributed by atoms with Crippen LogP contribution in [0.3, 0.4) is 0 Å². The monoisotopic (exact) mass is 461 g/mol. The fourth-order valence-corrected chi connectivity index (χ4v) is 3.29. The number of nitroso groups, excluding NO2 is 1. The van der Waals surface area contributed by atoms with Gasteiger partial charge in [-0.05, 0) is 46.6 Å². The van der Waals surface area contributed by atoms with E-state index in [0.29, 0.717) is 32.4 Å². The van der Waals surface area contributed by atoms with Crippen LogP contribution in [0.1, 0.15) is 40.3 Å². The van der Waals surface area contributed by atoms with Gasteiger partial charge in [-0.15, -0.1) is 4.91 Å². The number of benzene rings is 2. The highest BCUT2D eigenvalue weighted by Crippen LogP contribution is 2.35. The molecule has 0 saturated heterocycles. The Balaban J connectivity index is 2.01. The van der Waals surface area contributed by atoms with Gasteiger partial charge in [-0.1, -0.05) is 53.0 Å². The lowest BCUT2D eigenvalue weighted by Crippen LogP contribution is -2.12. The van der Waals surface area contributed by atoms with E-state index in [9.17, 15) is 10.0 Å². The smallest absolute Gasteiger partial charge is 0.216 e. The Morgan fingerprint density at radius 1 is 1.03 bits per heavy atom. The van der Waals surface area contributed by atoms with Crippen molar-refractivity contribution in [3.05, 3.63) is 103 Å². The molecule has 0 fully saturated rings. The largest absolute Gasteiger partial charge is 0.392 e. The van der Waals surface area contributed by atoms with Crippen LogP contribution in [-0.4, -0.2) is 10.1 Å². The second-order valence-corrected chi connectivity index (χ2v) is 7.47. The Labute approximate surface area is 187 Å². The van der Waals surface area contributed by atoms with Crippen molar-refractivity contribution in [1.29, 1.82) is 5.26 Å². The van der Waals surface area contributed by atoms with E-state index in [-0.39, 0.29) is 17.2 Å². The highest BCUT2D eigenvalue weighted by atomic mass is 35.5. The maximum atomic E-state index is 11.6. The third-order valence-corrected chi connectivity index (χ3v) is 5.36. The predicted molar refractivity (Wildman–Crippen MR) is 114 cm³/mol. The van der Waals surface area contributed by atoms with Crippen LogP contribution in [-0.2, 0) is 11.3 Å². The van der Waals surface area contributed by atoms with Gasteiger partial charge < -0.3 is 9.84 Å². The Bertz CT molecular complexity index is 1100. The van der Waals surface area contributed by atoms with Gasteiger partial charge in [0.25, 0.3) is 0 Å². The predicted octanol–water partition coefficient (Wildman–Crippen LogP) is 5.98. The lowest BCUT2D eigenvalue weighted by Gasteiger charge is -2.22. The number of nitriles is 1. The van der Waals surface area contributed by atoms with Crippen LogP contribution in [0.2, 0.25) is 15.1 Å². The van der Waals surface area contributed by atoms with Crippen molar-refractivity contribution in [3.8, 4) is 6.07 Å². The molecule has 6 nitrogen and oxygen atoms in total. The minimum atomic E-state index is -1.23. The molecule has 9 heteroatoms. The van der Waals surface area contributed by atoms with E-state index < -0.39 is 12.3 Å². The molecule has 2 unspecified atom stereocenters. The van der Waals surface area contributed by atoms with Gasteiger partial charge in [-0.3, -0.25) is 4.98 Å². The maximum absolute atomic E-state index is 11.6. The molecule has 30 heavy (non-hydrogen) atoms. The second-order valence-electron chi connectivity index (χ2n) is 6.25. The Morgan fingerprint density at radius 3 is 2.33 bits per heavy atom. The minimum absolute atomic E-state index is 0.159. The van der Waals surface area contributed by atoms with Crippen molar-refractivity contribution in [3.63, 3.8) is 0 Å². The number of nitrogens with zero attached hydrogens (tertiary/aromatic N) is 3. The van der Waals surface area contributed by atoms with Crippen LogP contribution in [0.15, 0.2) is 59.9 Å². The van der Waals surface area contributed by atoms with Gasteiger partial charge in [0, 0.05) is 11.8 Å². The molecule has 0 radical (unpaired) electrons. The number of aromatic nitrogens is 1. The molecule has 1 heterocycles. The summed E-state index contributed by atoms with van der Waals surface area (Å²) in [6.07, 6.45) is -0.538.